The fourth-order valence-electron chi connectivity index (χ4n) is 2.40. The molecule has 0 aliphatic rings. The van der Waals surface area contributed by atoms with Gasteiger partial charge >= 0.3 is 6.01 Å². The largest absolute Gasteiger partial charge is 0.494 e. The summed E-state index contributed by atoms with van der Waals surface area (Å²) in [6.07, 6.45) is 3.28. The number of unbranched alkanes of at least 4 members (excludes halogenated alkanes) is 2. The molecule has 3 rings (SSSR count). The van der Waals surface area contributed by atoms with Crippen LogP contribution in [0.5, 0.6) is 5.75 Å². The minimum atomic E-state index is -0.373. The number of ether oxygens (including phenoxy) is 1. The highest BCUT2D eigenvalue weighted by Gasteiger charge is 2.13. The Morgan fingerprint density at radius 1 is 1.07 bits per heavy atom. The zero-order valence-corrected chi connectivity index (χ0v) is 14.9. The van der Waals surface area contributed by atoms with Crippen molar-refractivity contribution in [1.82, 2.24) is 10.2 Å². The summed E-state index contributed by atoms with van der Waals surface area (Å²) in [5.41, 5.74) is 1.01. The number of hydrogen-bond acceptors (Lipinski definition) is 5. The standard InChI is InChI=1S/C20H20FN3O3/c1-2-3-4-13-26-17-11-7-14(8-12-17)18(25)22-20-24-23-19(27-20)15-5-9-16(21)10-6-15/h5-12H,2-4,13H2,1H3,(H,22,24,25). The van der Waals surface area contributed by atoms with E-state index in [4.69, 9.17) is 9.15 Å². The third kappa shape index (κ3) is 5.13. The summed E-state index contributed by atoms with van der Waals surface area (Å²) in [5.74, 6) is 0.187. The number of carbonyl (C=O) groups is 1. The summed E-state index contributed by atoms with van der Waals surface area (Å²) in [6.45, 7) is 2.80. The second kappa shape index (κ2) is 8.93. The molecule has 3 aromatic rings. The highest BCUT2D eigenvalue weighted by Crippen LogP contribution is 2.20. The molecule has 0 saturated carbocycles. The van der Waals surface area contributed by atoms with Crippen LogP contribution in [0.25, 0.3) is 11.5 Å². The van der Waals surface area contributed by atoms with Gasteiger partial charge in [-0.1, -0.05) is 24.9 Å². The van der Waals surface area contributed by atoms with E-state index in [1.54, 1.807) is 24.3 Å². The molecule has 0 aliphatic heterocycles. The summed E-state index contributed by atoms with van der Waals surface area (Å²) in [5, 5.41) is 10.2. The van der Waals surface area contributed by atoms with Crippen molar-refractivity contribution in [3.8, 4) is 17.2 Å². The van der Waals surface area contributed by atoms with Crippen LogP contribution in [-0.2, 0) is 0 Å². The lowest BCUT2D eigenvalue weighted by Crippen LogP contribution is -2.12. The van der Waals surface area contributed by atoms with E-state index in [0.29, 0.717) is 17.7 Å². The molecule has 140 valence electrons. The van der Waals surface area contributed by atoms with Gasteiger partial charge in [0.15, 0.2) is 0 Å². The number of halogens is 1. The van der Waals surface area contributed by atoms with Crippen LogP contribution in [0.3, 0.4) is 0 Å². The van der Waals surface area contributed by atoms with Gasteiger partial charge in [0, 0.05) is 11.1 Å². The number of aromatic nitrogens is 2. The highest BCUT2D eigenvalue weighted by atomic mass is 19.1. The molecule has 1 N–H and O–H groups in total. The molecule has 0 saturated heterocycles. The first-order chi connectivity index (χ1) is 13.2. The molecule has 7 heteroatoms. The quantitative estimate of drug-likeness (QED) is 0.583. The number of rotatable bonds is 8. The van der Waals surface area contributed by atoms with Gasteiger partial charge in [-0.3, -0.25) is 10.1 Å². The number of hydrogen-bond donors (Lipinski definition) is 1. The van der Waals surface area contributed by atoms with Crippen LogP contribution in [0.4, 0.5) is 10.4 Å². The van der Waals surface area contributed by atoms with Crippen LogP contribution in [0.2, 0.25) is 0 Å². The molecule has 1 heterocycles. The average molecular weight is 369 g/mol. The molecule has 0 bridgehead atoms. The van der Waals surface area contributed by atoms with Gasteiger partial charge in [0.2, 0.25) is 5.89 Å². The predicted molar refractivity (Wildman–Crippen MR) is 99.1 cm³/mol. The summed E-state index contributed by atoms with van der Waals surface area (Å²) in [4.78, 5) is 12.3. The van der Waals surface area contributed by atoms with E-state index in [9.17, 15) is 9.18 Å². The molecule has 27 heavy (non-hydrogen) atoms. The minimum absolute atomic E-state index is 0.0285. The molecule has 0 aliphatic carbocycles. The highest BCUT2D eigenvalue weighted by molar-refractivity contribution is 6.03. The minimum Gasteiger partial charge on any atom is -0.494 e. The van der Waals surface area contributed by atoms with E-state index in [-0.39, 0.29) is 23.6 Å². The zero-order chi connectivity index (χ0) is 19.1. The Bertz CT molecular complexity index is 876. The topological polar surface area (TPSA) is 77.2 Å². The number of amides is 1. The van der Waals surface area contributed by atoms with Gasteiger partial charge in [-0.05, 0) is 55.0 Å². The molecular formula is C20H20FN3O3. The maximum atomic E-state index is 13.0. The molecule has 0 unspecified atom stereocenters. The van der Waals surface area contributed by atoms with Crippen LogP contribution in [-0.4, -0.2) is 22.7 Å². The Balaban J connectivity index is 1.58. The first kappa shape index (κ1) is 18.6. The lowest BCUT2D eigenvalue weighted by molar-refractivity contribution is 0.102. The van der Waals surface area contributed by atoms with Gasteiger partial charge in [-0.25, -0.2) is 4.39 Å². The van der Waals surface area contributed by atoms with Crippen molar-refractivity contribution in [2.24, 2.45) is 0 Å². The Kier molecular flexibility index (Phi) is 6.14. The summed E-state index contributed by atoms with van der Waals surface area (Å²) < 4.78 is 24.0. The fraction of sp³-hybridized carbons (Fsp3) is 0.250. The number of nitrogens with zero attached hydrogens (tertiary/aromatic N) is 2. The van der Waals surface area contributed by atoms with E-state index < -0.39 is 0 Å². The van der Waals surface area contributed by atoms with E-state index in [1.165, 1.54) is 24.3 Å². The van der Waals surface area contributed by atoms with Crippen LogP contribution < -0.4 is 10.1 Å². The van der Waals surface area contributed by atoms with Crippen molar-refractivity contribution in [2.45, 2.75) is 26.2 Å². The Hall–Kier alpha value is -3.22. The molecule has 0 radical (unpaired) electrons. The molecule has 6 nitrogen and oxygen atoms in total. The second-order valence-electron chi connectivity index (χ2n) is 5.95. The van der Waals surface area contributed by atoms with Crippen LogP contribution in [0.1, 0.15) is 36.5 Å². The van der Waals surface area contributed by atoms with E-state index in [0.717, 1.165) is 25.0 Å². The summed E-state index contributed by atoms with van der Waals surface area (Å²) >= 11 is 0. The number of carbonyl (C=O) groups excluding carboxylic acids is 1. The zero-order valence-electron chi connectivity index (χ0n) is 14.9. The SMILES string of the molecule is CCCCCOc1ccc(C(=O)Nc2nnc(-c3ccc(F)cc3)o2)cc1. The molecular weight excluding hydrogens is 349 g/mol. The lowest BCUT2D eigenvalue weighted by Gasteiger charge is -2.06. The average Bonchev–Trinajstić information content (AvgIpc) is 3.15. The van der Waals surface area contributed by atoms with Crippen molar-refractivity contribution >= 4 is 11.9 Å². The summed E-state index contributed by atoms with van der Waals surface area (Å²) in [6, 6.07) is 12.4. The van der Waals surface area contributed by atoms with E-state index in [2.05, 4.69) is 22.4 Å². The molecule has 0 fully saturated rings. The Morgan fingerprint density at radius 2 is 1.81 bits per heavy atom. The normalized spacial score (nSPS) is 10.6. The van der Waals surface area contributed by atoms with E-state index >= 15 is 0 Å². The molecule has 1 aromatic heterocycles. The third-order valence-electron chi connectivity index (χ3n) is 3.87. The van der Waals surface area contributed by atoms with Crippen LogP contribution >= 0.6 is 0 Å². The van der Waals surface area contributed by atoms with Gasteiger partial charge in [0.1, 0.15) is 11.6 Å². The smallest absolute Gasteiger partial charge is 0.322 e. The molecule has 0 atom stereocenters. The van der Waals surface area contributed by atoms with Gasteiger partial charge < -0.3 is 9.15 Å². The Labute approximate surface area is 156 Å². The maximum Gasteiger partial charge on any atom is 0.322 e. The first-order valence-electron chi connectivity index (χ1n) is 8.79. The van der Waals surface area contributed by atoms with Crippen LogP contribution in [0.15, 0.2) is 52.9 Å². The van der Waals surface area contributed by atoms with Gasteiger partial charge in [0.05, 0.1) is 6.61 Å². The number of benzene rings is 2. The van der Waals surface area contributed by atoms with Gasteiger partial charge in [0.25, 0.3) is 5.91 Å². The summed E-state index contributed by atoms with van der Waals surface area (Å²) in [7, 11) is 0. The van der Waals surface area contributed by atoms with Crippen molar-refractivity contribution < 1.29 is 18.3 Å². The molecule has 1 amide bonds. The van der Waals surface area contributed by atoms with Crippen LogP contribution in [0, 0.1) is 5.82 Å². The third-order valence-corrected chi connectivity index (χ3v) is 3.87. The Morgan fingerprint density at radius 3 is 2.52 bits per heavy atom. The van der Waals surface area contributed by atoms with Crippen molar-refractivity contribution in [2.75, 3.05) is 11.9 Å². The lowest BCUT2D eigenvalue weighted by atomic mass is 10.2. The van der Waals surface area contributed by atoms with Gasteiger partial charge in [-0.2, -0.15) is 0 Å². The first-order valence-corrected chi connectivity index (χ1v) is 8.79. The van der Waals surface area contributed by atoms with Gasteiger partial charge in [-0.15, -0.1) is 5.10 Å². The monoisotopic (exact) mass is 369 g/mol. The van der Waals surface area contributed by atoms with E-state index in [1.807, 2.05) is 0 Å². The number of nitrogens with one attached hydrogen (secondary N) is 1. The molecule has 2 aromatic carbocycles. The maximum absolute atomic E-state index is 13.0. The van der Waals surface area contributed by atoms with Crippen molar-refractivity contribution in [1.29, 1.82) is 0 Å². The second-order valence-corrected chi connectivity index (χ2v) is 5.95. The number of anilines is 1. The van der Waals surface area contributed by atoms with Crippen molar-refractivity contribution in [3.05, 3.63) is 59.9 Å². The van der Waals surface area contributed by atoms with Crippen molar-refractivity contribution in [3.63, 3.8) is 0 Å². The molecule has 0 spiro atoms. The fourth-order valence-corrected chi connectivity index (χ4v) is 2.40. The predicted octanol–water partition coefficient (Wildman–Crippen LogP) is 4.70.